The molecule has 0 unspecified atom stereocenters. The van der Waals surface area contributed by atoms with Crippen LogP contribution in [0.15, 0.2) is 22.7 Å². The van der Waals surface area contributed by atoms with E-state index in [0.717, 1.165) is 16.7 Å². The van der Waals surface area contributed by atoms with Crippen molar-refractivity contribution in [3.63, 3.8) is 0 Å². The van der Waals surface area contributed by atoms with Gasteiger partial charge >= 0.3 is 0 Å². The molecule has 0 spiro atoms. The fraction of sp³-hybridized carbons (Fsp3) is 0.273. The van der Waals surface area contributed by atoms with Gasteiger partial charge in [0.25, 0.3) is 0 Å². The van der Waals surface area contributed by atoms with Crippen molar-refractivity contribution in [2.24, 2.45) is 5.73 Å². The summed E-state index contributed by atoms with van der Waals surface area (Å²) >= 11 is 0. The second-order valence-corrected chi connectivity index (χ2v) is 3.73. The number of rotatable bonds is 3. The van der Waals surface area contributed by atoms with Crippen LogP contribution in [0, 0.1) is 6.92 Å². The molecular weight excluding hydrogens is 206 g/mol. The molecule has 2 aromatic rings. The zero-order valence-corrected chi connectivity index (χ0v) is 9.23. The number of pyridine rings is 1. The van der Waals surface area contributed by atoms with Crippen LogP contribution in [0.2, 0.25) is 0 Å². The Morgan fingerprint density at radius 2 is 2.38 bits per heavy atom. The summed E-state index contributed by atoms with van der Waals surface area (Å²) < 4.78 is 5.48. The van der Waals surface area contributed by atoms with Crippen LogP contribution in [0.4, 0.5) is 5.82 Å². The second kappa shape index (κ2) is 3.84. The molecule has 0 saturated heterocycles. The first-order valence-corrected chi connectivity index (χ1v) is 4.92. The number of fused-ring (bicyclic) bond motifs is 1. The topological polar surface area (TPSA) is 72.4 Å². The maximum absolute atomic E-state index is 10.9. The first-order valence-electron chi connectivity index (χ1n) is 4.92. The largest absolute Gasteiger partial charge is 0.461 e. The van der Waals surface area contributed by atoms with Crippen molar-refractivity contribution in [2.75, 3.05) is 18.5 Å². The smallest absolute Gasteiger partial charge is 0.236 e. The molecule has 1 amide bonds. The van der Waals surface area contributed by atoms with Crippen LogP contribution >= 0.6 is 0 Å². The average molecular weight is 219 g/mol. The molecule has 0 aromatic carbocycles. The molecule has 2 heterocycles. The number of carbonyl (C=O) groups excluding carboxylic acids is 1. The van der Waals surface area contributed by atoms with Gasteiger partial charge < -0.3 is 15.1 Å². The number of hydrogen-bond acceptors (Lipinski definition) is 4. The maximum Gasteiger partial charge on any atom is 0.236 e. The van der Waals surface area contributed by atoms with Crippen molar-refractivity contribution in [3.8, 4) is 0 Å². The van der Waals surface area contributed by atoms with Crippen LogP contribution in [0.25, 0.3) is 11.0 Å². The molecule has 0 atom stereocenters. The van der Waals surface area contributed by atoms with Gasteiger partial charge in [-0.2, -0.15) is 0 Å². The number of aromatic nitrogens is 1. The lowest BCUT2D eigenvalue weighted by Gasteiger charge is -2.16. The van der Waals surface area contributed by atoms with Crippen LogP contribution in [0.3, 0.4) is 0 Å². The third kappa shape index (κ3) is 1.84. The molecule has 0 fully saturated rings. The summed E-state index contributed by atoms with van der Waals surface area (Å²) in [5, 5.41) is 0.892. The molecule has 2 aromatic heterocycles. The average Bonchev–Trinajstić information content (AvgIpc) is 2.55. The van der Waals surface area contributed by atoms with E-state index in [1.807, 2.05) is 13.0 Å². The summed E-state index contributed by atoms with van der Waals surface area (Å²) in [6.07, 6.45) is 1.65. The van der Waals surface area contributed by atoms with Crippen molar-refractivity contribution in [1.29, 1.82) is 0 Å². The van der Waals surface area contributed by atoms with E-state index in [1.165, 1.54) is 0 Å². The lowest BCUT2D eigenvalue weighted by molar-refractivity contribution is -0.116. The minimum Gasteiger partial charge on any atom is -0.461 e. The van der Waals surface area contributed by atoms with Crippen LogP contribution in [0.5, 0.6) is 0 Å². The minimum absolute atomic E-state index is 0.135. The van der Waals surface area contributed by atoms with Gasteiger partial charge in [0, 0.05) is 13.2 Å². The zero-order chi connectivity index (χ0) is 11.7. The van der Waals surface area contributed by atoms with E-state index in [-0.39, 0.29) is 12.5 Å². The predicted molar refractivity (Wildman–Crippen MR) is 61.2 cm³/mol. The number of likely N-dealkylation sites (N-methyl/N-ethyl adjacent to an activating group) is 1. The van der Waals surface area contributed by atoms with E-state index in [1.54, 1.807) is 24.2 Å². The summed E-state index contributed by atoms with van der Waals surface area (Å²) in [7, 11) is 1.77. The van der Waals surface area contributed by atoms with Gasteiger partial charge in [-0.15, -0.1) is 0 Å². The Balaban J connectivity index is 2.47. The van der Waals surface area contributed by atoms with Crippen molar-refractivity contribution in [2.45, 2.75) is 6.92 Å². The number of carbonyl (C=O) groups is 1. The van der Waals surface area contributed by atoms with Crippen LogP contribution < -0.4 is 10.6 Å². The number of primary amides is 1. The van der Waals surface area contributed by atoms with E-state index in [9.17, 15) is 4.79 Å². The first-order chi connectivity index (χ1) is 7.58. The molecule has 0 radical (unpaired) electrons. The third-order valence-electron chi connectivity index (χ3n) is 2.30. The standard InChI is InChI=1S/C11H13N3O2/c1-7-5-8-9(16-7)3-4-13-11(8)14(2)6-10(12)15/h3-5H,6H2,1-2H3,(H2,12,15). The SMILES string of the molecule is Cc1cc2c(N(C)CC(N)=O)nccc2o1. The zero-order valence-electron chi connectivity index (χ0n) is 9.23. The second-order valence-electron chi connectivity index (χ2n) is 3.73. The Kier molecular flexibility index (Phi) is 2.52. The van der Waals surface area contributed by atoms with E-state index >= 15 is 0 Å². The normalized spacial score (nSPS) is 10.6. The Labute approximate surface area is 92.8 Å². The van der Waals surface area contributed by atoms with Crippen LogP contribution in [-0.2, 0) is 4.79 Å². The Hall–Kier alpha value is -2.04. The number of amides is 1. The van der Waals surface area contributed by atoms with Gasteiger partial charge in [-0.1, -0.05) is 0 Å². The molecule has 2 N–H and O–H groups in total. The molecule has 0 aliphatic heterocycles. The van der Waals surface area contributed by atoms with E-state index in [4.69, 9.17) is 10.2 Å². The van der Waals surface area contributed by atoms with E-state index < -0.39 is 0 Å². The van der Waals surface area contributed by atoms with Gasteiger partial charge in [0.2, 0.25) is 5.91 Å². The number of hydrogen-bond donors (Lipinski definition) is 1. The number of anilines is 1. The summed E-state index contributed by atoms with van der Waals surface area (Å²) in [5.74, 6) is 1.13. The maximum atomic E-state index is 10.9. The van der Waals surface area contributed by atoms with Crippen LogP contribution in [-0.4, -0.2) is 24.5 Å². The van der Waals surface area contributed by atoms with Gasteiger partial charge in [-0.3, -0.25) is 4.79 Å². The van der Waals surface area contributed by atoms with Crippen molar-refractivity contribution in [1.82, 2.24) is 4.98 Å². The number of aryl methyl sites for hydroxylation is 1. The van der Waals surface area contributed by atoms with Gasteiger partial charge in [-0.05, 0) is 19.1 Å². The molecule has 5 nitrogen and oxygen atoms in total. The summed E-state index contributed by atoms with van der Waals surface area (Å²) in [6, 6.07) is 3.69. The van der Waals surface area contributed by atoms with Gasteiger partial charge in [-0.25, -0.2) is 4.98 Å². The Bertz CT molecular complexity index is 533. The lowest BCUT2D eigenvalue weighted by atomic mass is 10.3. The van der Waals surface area contributed by atoms with E-state index in [2.05, 4.69) is 4.98 Å². The molecule has 5 heteroatoms. The highest BCUT2D eigenvalue weighted by Gasteiger charge is 2.12. The highest BCUT2D eigenvalue weighted by Crippen LogP contribution is 2.26. The number of nitrogens with zero attached hydrogens (tertiary/aromatic N) is 2. The van der Waals surface area contributed by atoms with Crippen molar-refractivity contribution < 1.29 is 9.21 Å². The summed E-state index contributed by atoms with van der Waals surface area (Å²) in [6.45, 7) is 2.01. The number of furan rings is 1. The minimum atomic E-state index is -0.387. The monoisotopic (exact) mass is 219 g/mol. The van der Waals surface area contributed by atoms with Gasteiger partial charge in [0.15, 0.2) is 0 Å². The molecule has 16 heavy (non-hydrogen) atoms. The fourth-order valence-corrected chi connectivity index (χ4v) is 1.69. The quantitative estimate of drug-likeness (QED) is 0.837. The summed E-state index contributed by atoms with van der Waals surface area (Å²) in [5.41, 5.74) is 5.91. The molecule has 0 aliphatic rings. The molecule has 84 valence electrons. The molecular formula is C11H13N3O2. The molecule has 2 rings (SSSR count). The first kappa shape index (κ1) is 10.5. The van der Waals surface area contributed by atoms with Gasteiger partial charge in [0.1, 0.15) is 17.2 Å². The lowest BCUT2D eigenvalue weighted by Crippen LogP contribution is -2.31. The fourth-order valence-electron chi connectivity index (χ4n) is 1.69. The van der Waals surface area contributed by atoms with Crippen molar-refractivity contribution in [3.05, 3.63) is 24.1 Å². The Morgan fingerprint density at radius 3 is 3.06 bits per heavy atom. The molecule has 0 saturated carbocycles. The Morgan fingerprint density at radius 1 is 1.62 bits per heavy atom. The van der Waals surface area contributed by atoms with Crippen molar-refractivity contribution >= 4 is 22.7 Å². The highest BCUT2D eigenvalue weighted by molar-refractivity contribution is 5.90. The number of nitrogens with two attached hydrogens (primary N) is 1. The van der Waals surface area contributed by atoms with E-state index in [0.29, 0.717) is 5.82 Å². The highest BCUT2D eigenvalue weighted by atomic mass is 16.3. The predicted octanol–water partition coefficient (Wildman–Crippen LogP) is 1.06. The van der Waals surface area contributed by atoms with Crippen LogP contribution in [0.1, 0.15) is 5.76 Å². The summed E-state index contributed by atoms with van der Waals surface area (Å²) in [4.78, 5) is 16.8. The van der Waals surface area contributed by atoms with Gasteiger partial charge in [0.05, 0.1) is 11.9 Å². The molecule has 0 bridgehead atoms. The third-order valence-corrected chi connectivity index (χ3v) is 2.30. The molecule has 0 aliphatic carbocycles.